The van der Waals surface area contributed by atoms with E-state index in [0.29, 0.717) is 19.5 Å². The maximum absolute atomic E-state index is 12.3. The van der Waals surface area contributed by atoms with Crippen LogP contribution < -0.4 is 0 Å². The second-order valence-corrected chi connectivity index (χ2v) is 4.55. The van der Waals surface area contributed by atoms with Gasteiger partial charge in [-0.2, -0.15) is 13.2 Å². The first-order valence-electron chi connectivity index (χ1n) is 5.85. The van der Waals surface area contributed by atoms with Crippen molar-refractivity contribution in [3.05, 3.63) is 35.9 Å². The van der Waals surface area contributed by atoms with Gasteiger partial charge in [-0.05, 0) is 12.0 Å². The first kappa shape index (κ1) is 12.9. The molecule has 18 heavy (non-hydrogen) atoms. The summed E-state index contributed by atoms with van der Waals surface area (Å²) in [6, 6.07) is 9.29. The van der Waals surface area contributed by atoms with Gasteiger partial charge in [-0.1, -0.05) is 30.3 Å². The normalized spacial score (nSPS) is 20.5. The fourth-order valence-electron chi connectivity index (χ4n) is 2.23. The van der Waals surface area contributed by atoms with Crippen LogP contribution in [-0.4, -0.2) is 23.5 Å². The molecule has 98 valence electrons. The molecule has 1 amide bonds. The summed E-state index contributed by atoms with van der Waals surface area (Å²) in [5, 5.41) is 0. The molecule has 0 N–H and O–H groups in total. The Morgan fingerprint density at radius 3 is 2.50 bits per heavy atom. The van der Waals surface area contributed by atoms with Gasteiger partial charge in [0, 0.05) is 19.0 Å². The lowest BCUT2D eigenvalue weighted by Gasteiger charge is -2.17. The highest BCUT2D eigenvalue weighted by molar-refractivity contribution is 5.80. The Morgan fingerprint density at radius 2 is 1.89 bits per heavy atom. The minimum absolute atomic E-state index is 0.297. The van der Waals surface area contributed by atoms with Gasteiger partial charge in [0.2, 0.25) is 5.91 Å². The van der Waals surface area contributed by atoms with Gasteiger partial charge in [0.05, 0.1) is 6.42 Å². The van der Waals surface area contributed by atoms with Crippen LogP contribution in [0.4, 0.5) is 13.2 Å². The summed E-state index contributed by atoms with van der Waals surface area (Å²) in [7, 11) is 0. The Morgan fingerprint density at radius 1 is 1.22 bits per heavy atom. The van der Waals surface area contributed by atoms with E-state index in [9.17, 15) is 18.0 Å². The monoisotopic (exact) mass is 257 g/mol. The van der Waals surface area contributed by atoms with Crippen molar-refractivity contribution in [3.63, 3.8) is 0 Å². The molecule has 0 saturated carbocycles. The maximum Gasteiger partial charge on any atom is 0.389 e. The molecule has 1 heterocycles. The van der Waals surface area contributed by atoms with Gasteiger partial charge >= 0.3 is 6.18 Å². The molecule has 1 aliphatic heterocycles. The summed E-state index contributed by atoms with van der Waals surface area (Å²) >= 11 is 0. The zero-order valence-electron chi connectivity index (χ0n) is 9.78. The van der Waals surface area contributed by atoms with E-state index < -0.39 is 18.5 Å². The van der Waals surface area contributed by atoms with Crippen molar-refractivity contribution in [2.75, 3.05) is 6.54 Å². The van der Waals surface area contributed by atoms with Gasteiger partial charge in [-0.3, -0.25) is 4.79 Å². The van der Waals surface area contributed by atoms with Crippen LogP contribution in [0.15, 0.2) is 30.3 Å². The molecule has 0 radical (unpaired) electrons. The molecule has 0 spiro atoms. The highest BCUT2D eigenvalue weighted by Crippen LogP contribution is 2.31. The molecule has 0 aliphatic carbocycles. The lowest BCUT2D eigenvalue weighted by Crippen LogP contribution is -2.28. The van der Waals surface area contributed by atoms with E-state index in [0.717, 1.165) is 5.56 Å². The SMILES string of the molecule is O=C1C(CC(F)(F)F)CCN1Cc1ccccc1. The number of benzene rings is 1. The number of carbonyl (C=O) groups excluding carboxylic acids is 1. The third-order valence-corrected chi connectivity index (χ3v) is 3.10. The van der Waals surface area contributed by atoms with E-state index >= 15 is 0 Å². The first-order valence-corrected chi connectivity index (χ1v) is 5.85. The quantitative estimate of drug-likeness (QED) is 0.815. The van der Waals surface area contributed by atoms with E-state index in [1.165, 1.54) is 4.90 Å². The van der Waals surface area contributed by atoms with Crippen LogP contribution in [0, 0.1) is 5.92 Å². The molecule has 2 nitrogen and oxygen atoms in total. The summed E-state index contributed by atoms with van der Waals surface area (Å²) in [6.07, 6.45) is -4.97. The van der Waals surface area contributed by atoms with Gasteiger partial charge in [-0.25, -0.2) is 0 Å². The summed E-state index contributed by atoms with van der Waals surface area (Å²) in [6.45, 7) is 0.808. The zero-order chi connectivity index (χ0) is 13.2. The Bertz CT molecular complexity index is 416. The van der Waals surface area contributed by atoms with Crippen LogP contribution >= 0.6 is 0 Å². The average Bonchev–Trinajstić information content (AvgIpc) is 2.61. The van der Waals surface area contributed by atoms with E-state index in [-0.39, 0.29) is 5.91 Å². The third kappa shape index (κ3) is 3.24. The van der Waals surface area contributed by atoms with Crippen molar-refractivity contribution in [3.8, 4) is 0 Å². The highest BCUT2D eigenvalue weighted by Gasteiger charge is 2.40. The number of hydrogen-bond acceptors (Lipinski definition) is 1. The van der Waals surface area contributed by atoms with E-state index in [1.54, 1.807) is 0 Å². The molecule has 0 aromatic heterocycles. The van der Waals surface area contributed by atoms with Crippen molar-refractivity contribution >= 4 is 5.91 Å². The van der Waals surface area contributed by atoms with E-state index in [2.05, 4.69) is 0 Å². The molecule has 1 aromatic rings. The Labute approximate surface area is 103 Å². The number of nitrogens with zero attached hydrogens (tertiary/aromatic N) is 1. The largest absolute Gasteiger partial charge is 0.389 e. The molecule has 2 rings (SSSR count). The van der Waals surface area contributed by atoms with Crippen LogP contribution in [0.5, 0.6) is 0 Å². The zero-order valence-corrected chi connectivity index (χ0v) is 9.78. The summed E-state index contributed by atoms with van der Waals surface area (Å²) in [5.74, 6) is -1.27. The topological polar surface area (TPSA) is 20.3 Å². The van der Waals surface area contributed by atoms with Crippen molar-refractivity contribution < 1.29 is 18.0 Å². The molecular formula is C13H14F3NO. The predicted octanol–water partition coefficient (Wildman–Crippen LogP) is 2.99. The van der Waals surface area contributed by atoms with Gasteiger partial charge in [0.1, 0.15) is 0 Å². The lowest BCUT2D eigenvalue weighted by molar-refractivity contribution is -0.154. The average molecular weight is 257 g/mol. The number of amides is 1. The summed E-state index contributed by atoms with van der Waals surface area (Å²) < 4.78 is 36.8. The Balaban J connectivity index is 1.95. The standard InChI is InChI=1S/C13H14F3NO/c14-13(15,16)8-11-6-7-17(12(11)18)9-10-4-2-1-3-5-10/h1-5,11H,6-9H2. The van der Waals surface area contributed by atoms with Gasteiger partial charge < -0.3 is 4.90 Å². The minimum atomic E-state index is -4.26. The number of likely N-dealkylation sites (tertiary alicyclic amines) is 1. The van der Waals surface area contributed by atoms with Gasteiger partial charge in [0.15, 0.2) is 0 Å². The van der Waals surface area contributed by atoms with Crippen LogP contribution in [0.25, 0.3) is 0 Å². The molecule has 5 heteroatoms. The van der Waals surface area contributed by atoms with Gasteiger partial charge in [0.25, 0.3) is 0 Å². The molecule has 0 bridgehead atoms. The highest BCUT2D eigenvalue weighted by atomic mass is 19.4. The van der Waals surface area contributed by atoms with Crippen LogP contribution in [0.1, 0.15) is 18.4 Å². The van der Waals surface area contributed by atoms with Crippen molar-refractivity contribution in [2.45, 2.75) is 25.6 Å². The van der Waals surface area contributed by atoms with Crippen molar-refractivity contribution in [1.82, 2.24) is 4.90 Å². The number of alkyl halides is 3. The molecule has 1 unspecified atom stereocenters. The number of carbonyl (C=O) groups is 1. The molecule has 1 aromatic carbocycles. The minimum Gasteiger partial charge on any atom is -0.338 e. The van der Waals surface area contributed by atoms with Crippen LogP contribution in [0.2, 0.25) is 0 Å². The maximum atomic E-state index is 12.3. The molecule has 1 atom stereocenters. The Kier molecular flexibility index (Phi) is 3.59. The van der Waals surface area contributed by atoms with Crippen LogP contribution in [-0.2, 0) is 11.3 Å². The fraction of sp³-hybridized carbons (Fsp3) is 0.462. The summed E-state index contributed by atoms with van der Waals surface area (Å²) in [5.41, 5.74) is 0.943. The lowest BCUT2D eigenvalue weighted by atomic mass is 10.0. The number of rotatable bonds is 3. The van der Waals surface area contributed by atoms with Gasteiger partial charge in [-0.15, -0.1) is 0 Å². The number of hydrogen-bond donors (Lipinski definition) is 0. The van der Waals surface area contributed by atoms with Crippen molar-refractivity contribution in [2.24, 2.45) is 5.92 Å². The molecular weight excluding hydrogens is 243 g/mol. The smallest absolute Gasteiger partial charge is 0.338 e. The summed E-state index contributed by atoms with van der Waals surface area (Å²) in [4.78, 5) is 13.3. The molecule has 1 fully saturated rings. The molecule has 1 saturated heterocycles. The van der Waals surface area contributed by atoms with E-state index in [4.69, 9.17) is 0 Å². The second-order valence-electron chi connectivity index (χ2n) is 4.55. The van der Waals surface area contributed by atoms with Crippen molar-refractivity contribution in [1.29, 1.82) is 0 Å². The molecule has 1 aliphatic rings. The predicted molar refractivity (Wildman–Crippen MR) is 60.6 cm³/mol. The Hall–Kier alpha value is -1.52. The van der Waals surface area contributed by atoms with Crippen LogP contribution in [0.3, 0.4) is 0 Å². The number of halogens is 3. The fourth-order valence-corrected chi connectivity index (χ4v) is 2.23. The first-order chi connectivity index (χ1) is 8.46. The third-order valence-electron chi connectivity index (χ3n) is 3.10. The second kappa shape index (κ2) is 5.00. The van der Waals surface area contributed by atoms with E-state index in [1.807, 2.05) is 30.3 Å².